The summed E-state index contributed by atoms with van der Waals surface area (Å²) in [5, 5.41) is 12.9. The van der Waals surface area contributed by atoms with Gasteiger partial charge in [-0.1, -0.05) is 24.3 Å². The second kappa shape index (κ2) is 4.83. The monoisotopic (exact) mass is 321 g/mol. The lowest BCUT2D eigenvalue weighted by atomic mass is 10.1. The Kier molecular flexibility index (Phi) is 3.16. The third-order valence-corrected chi connectivity index (χ3v) is 3.74. The molecule has 1 aliphatic rings. The zero-order chi connectivity index (χ0) is 13.4. The summed E-state index contributed by atoms with van der Waals surface area (Å²) in [6, 6.07) is 8.98. The molecule has 1 aromatic heterocycles. The van der Waals surface area contributed by atoms with E-state index in [1.807, 2.05) is 24.3 Å². The number of benzene rings is 1. The molecule has 0 saturated carbocycles. The number of carbonyl (C=O) groups is 1. The smallest absolute Gasteiger partial charge is 0.255 e. The number of hydrogen-bond acceptors (Lipinski definition) is 3. The largest absolute Gasteiger partial charge is 0.457 e. The number of carbonyl (C=O) groups excluding carboxylic acids is 1. The molecule has 0 saturated heterocycles. The number of hydrogen-bond donors (Lipinski definition) is 2. The van der Waals surface area contributed by atoms with Gasteiger partial charge in [-0.2, -0.15) is 0 Å². The van der Waals surface area contributed by atoms with E-state index in [4.69, 9.17) is 4.42 Å². The molecule has 2 atom stereocenters. The van der Waals surface area contributed by atoms with Crippen LogP contribution in [0.4, 0.5) is 0 Å². The highest BCUT2D eigenvalue weighted by molar-refractivity contribution is 9.10. The highest BCUT2D eigenvalue weighted by Crippen LogP contribution is 2.31. The fourth-order valence-corrected chi connectivity index (χ4v) is 2.74. The molecule has 1 aliphatic carbocycles. The second-order valence-corrected chi connectivity index (χ2v) is 5.34. The van der Waals surface area contributed by atoms with E-state index in [1.54, 1.807) is 6.07 Å². The number of fused-ring (bicyclic) bond motifs is 1. The summed E-state index contributed by atoms with van der Waals surface area (Å²) < 4.78 is 5.54. The van der Waals surface area contributed by atoms with Gasteiger partial charge in [0, 0.05) is 12.5 Å². The van der Waals surface area contributed by atoms with Gasteiger partial charge >= 0.3 is 0 Å². The Balaban J connectivity index is 1.82. The molecule has 98 valence electrons. The molecule has 1 aromatic carbocycles. The van der Waals surface area contributed by atoms with Crippen molar-refractivity contribution in [1.82, 2.24) is 5.32 Å². The fraction of sp³-hybridized carbons (Fsp3) is 0.214. The van der Waals surface area contributed by atoms with E-state index in [-0.39, 0.29) is 11.9 Å². The molecule has 1 heterocycles. The molecule has 19 heavy (non-hydrogen) atoms. The highest BCUT2D eigenvalue weighted by atomic mass is 79.9. The van der Waals surface area contributed by atoms with Crippen LogP contribution in [-0.2, 0) is 6.42 Å². The van der Waals surface area contributed by atoms with Gasteiger partial charge in [0.05, 0.1) is 17.7 Å². The molecule has 0 aliphatic heterocycles. The predicted octanol–water partition coefficient (Wildman–Crippen LogP) is 2.43. The minimum Gasteiger partial charge on any atom is -0.457 e. The Morgan fingerprint density at radius 1 is 1.42 bits per heavy atom. The zero-order valence-corrected chi connectivity index (χ0v) is 11.6. The lowest BCUT2D eigenvalue weighted by molar-refractivity contribution is 0.0857. The molecule has 1 amide bonds. The summed E-state index contributed by atoms with van der Waals surface area (Å²) in [6.45, 7) is 0. The van der Waals surface area contributed by atoms with Gasteiger partial charge in [-0.05, 0) is 27.1 Å². The quantitative estimate of drug-likeness (QED) is 0.893. The molecule has 0 radical (unpaired) electrons. The number of aliphatic hydroxyl groups is 1. The molecule has 3 rings (SSSR count). The van der Waals surface area contributed by atoms with Gasteiger partial charge in [0.25, 0.3) is 5.91 Å². The standard InChI is InChI=1S/C14H12BrNO3/c15-12-6-9(7-19-12)14(18)16-13-10-4-2-1-3-8(10)5-11(13)17/h1-4,6-7,11,13,17H,5H2,(H,16,18). The maximum absolute atomic E-state index is 12.1. The van der Waals surface area contributed by atoms with Crippen LogP contribution in [0.5, 0.6) is 0 Å². The van der Waals surface area contributed by atoms with Crippen LogP contribution < -0.4 is 5.32 Å². The lowest BCUT2D eigenvalue weighted by Gasteiger charge is -2.17. The van der Waals surface area contributed by atoms with Crippen molar-refractivity contribution in [3.05, 3.63) is 58.0 Å². The number of amides is 1. The maximum atomic E-state index is 12.1. The molecule has 5 heteroatoms. The maximum Gasteiger partial charge on any atom is 0.255 e. The van der Waals surface area contributed by atoms with Crippen molar-refractivity contribution in [3.63, 3.8) is 0 Å². The van der Waals surface area contributed by atoms with E-state index < -0.39 is 6.10 Å². The highest BCUT2D eigenvalue weighted by Gasteiger charge is 2.32. The van der Waals surface area contributed by atoms with E-state index in [1.165, 1.54) is 6.26 Å². The summed E-state index contributed by atoms with van der Waals surface area (Å²) in [5.41, 5.74) is 2.49. The number of halogens is 1. The normalized spacial score (nSPS) is 21.2. The van der Waals surface area contributed by atoms with Crippen molar-refractivity contribution in [2.75, 3.05) is 0 Å². The first-order valence-electron chi connectivity index (χ1n) is 5.96. The first-order chi connectivity index (χ1) is 9.15. The summed E-state index contributed by atoms with van der Waals surface area (Å²) >= 11 is 3.15. The molecule has 0 fully saturated rings. The van der Waals surface area contributed by atoms with Gasteiger partial charge in [0.1, 0.15) is 6.26 Å². The predicted molar refractivity (Wildman–Crippen MR) is 72.8 cm³/mol. The van der Waals surface area contributed by atoms with Crippen LogP contribution in [0.2, 0.25) is 0 Å². The number of aliphatic hydroxyl groups excluding tert-OH is 1. The number of nitrogens with one attached hydrogen (secondary N) is 1. The van der Waals surface area contributed by atoms with Crippen LogP contribution in [0.3, 0.4) is 0 Å². The molecule has 4 nitrogen and oxygen atoms in total. The summed E-state index contributed by atoms with van der Waals surface area (Å²) in [4.78, 5) is 12.1. The lowest BCUT2D eigenvalue weighted by Crippen LogP contribution is -2.33. The molecule has 0 bridgehead atoms. The Hall–Kier alpha value is -1.59. The van der Waals surface area contributed by atoms with E-state index in [0.29, 0.717) is 16.7 Å². The SMILES string of the molecule is O=C(NC1c2ccccc2CC1O)c1coc(Br)c1. The first kappa shape index (κ1) is 12.4. The van der Waals surface area contributed by atoms with E-state index >= 15 is 0 Å². The Bertz CT molecular complexity index is 623. The van der Waals surface area contributed by atoms with Crippen LogP contribution in [0.1, 0.15) is 27.5 Å². The Labute approximate surface area is 118 Å². The average molecular weight is 322 g/mol. The topological polar surface area (TPSA) is 62.5 Å². The number of furan rings is 1. The average Bonchev–Trinajstić information content (AvgIpc) is 2.95. The third-order valence-electron chi connectivity index (χ3n) is 3.32. The summed E-state index contributed by atoms with van der Waals surface area (Å²) in [6.07, 6.45) is 1.36. The Morgan fingerprint density at radius 3 is 2.95 bits per heavy atom. The third kappa shape index (κ3) is 2.31. The summed E-state index contributed by atoms with van der Waals surface area (Å²) in [7, 11) is 0. The Morgan fingerprint density at radius 2 is 2.21 bits per heavy atom. The molecular formula is C14H12BrNO3. The first-order valence-corrected chi connectivity index (χ1v) is 6.75. The van der Waals surface area contributed by atoms with Crippen LogP contribution in [-0.4, -0.2) is 17.1 Å². The minimum atomic E-state index is -0.586. The van der Waals surface area contributed by atoms with Crippen molar-refractivity contribution in [2.45, 2.75) is 18.6 Å². The van der Waals surface area contributed by atoms with Gasteiger partial charge in [-0.15, -0.1) is 0 Å². The van der Waals surface area contributed by atoms with Crippen molar-refractivity contribution in [1.29, 1.82) is 0 Å². The van der Waals surface area contributed by atoms with Crippen LogP contribution >= 0.6 is 15.9 Å². The van der Waals surface area contributed by atoms with Gasteiger partial charge < -0.3 is 14.8 Å². The van der Waals surface area contributed by atoms with Crippen molar-refractivity contribution < 1.29 is 14.3 Å². The number of rotatable bonds is 2. The van der Waals surface area contributed by atoms with E-state index in [2.05, 4.69) is 21.2 Å². The molecule has 0 spiro atoms. The van der Waals surface area contributed by atoms with Gasteiger partial charge in [-0.25, -0.2) is 0 Å². The van der Waals surface area contributed by atoms with Crippen molar-refractivity contribution >= 4 is 21.8 Å². The molecule has 2 N–H and O–H groups in total. The zero-order valence-electron chi connectivity index (χ0n) is 9.97. The molecule has 2 unspecified atom stereocenters. The van der Waals surface area contributed by atoms with Gasteiger partial charge in [0.2, 0.25) is 0 Å². The van der Waals surface area contributed by atoms with Crippen LogP contribution in [0.15, 0.2) is 45.7 Å². The molecule has 2 aromatic rings. The van der Waals surface area contributed by atoms with E-state index in [9.17, 15) is 9.90 Å². The minimum absolute atomic E-state index is 0.254. The van der Waals surface area contributed by atoms with Gasteiger partial charge in [0.15, 0.2) is 4.67 Å². The summed E-state index contributed by atoms with van der Waals surface area (Å²) in [5.74, 6) is -0.254. The van der Waals surface area contributed by atoms with Crippen LogP contribution in [0.25, 0.3) is 0 Å². The second-order valence-electron chi connectivity index (χ2n) is 4.56. The van der Waals surface area contributed by atoms with Gasteiger partial charge in [-0.3, -0.25) is 4.79 Å². The fourth-order valence-electron chi connectivity index (χ4n) is 2.40. The van der Waals surface area contributed by atoms with E-state index in [0.717, 1.165) is 11.1 Å². The van der Waals surface area contributed by atoms with Crippen molar-refractivity contribution in [2.24, 2.45) is 0 Å². The van der Waals surface area contributed by atoms with Crippen molar-refractivity contribution in [3.8, 4) is 0 Å². The molecular weight excluding hydrogens is 310 g/mol. The van der Waals surface area contributed by atoms with Crippen LogP contribution in [0, 0.1) is 0 Å².